The average Bonchev–Trinajstić information content (AvgIpc) is 2.30. The van der Waals surface area contributed by atoms with Gasteiger partial charge in [0, 0.05) is 0 Å². The van der Waals surface area contributed by atoms with Crippen molar-refractivity contribution >= 4 is 0 Å². The fraction of sp³-hybridized carbons (Fsp3) is 0.571. The molecule has 0 radical (unpaired) electrons. The van der Waals surface area contributed by atoms with Crippen molar-refractivity contribution in [3.8, 4) is 0 Å². The molecule has 0 spiro atoms. The summed E-state index contributed by atoms with van der Waals surface area (Å²) in [5.41, 5.74) is 2.92. The Balaban J connectivity index is 2.20. The van der Waals surface area contributed by atoms with Gasteiger partial charge in [0.05, 0.1) is 0 Å². The molecule has 0 atom stereocenters. The van der Waals surface area contributed by atoms with Crippen LogP contribution in [-0.2, 0) is 12.8 Å². The van der Waals surface area contributed by atoms with Gasteiger partial charge in [-0.1, -0.05) is 37.6 Å². The molecule has 1 rings (SSSR count). The van der Waals surface area contributed by atoms with Gasteiger partial charge in [0.2, 0.25) is 0 Å². The molecule has 1 heteroatoms. The first kappa shape index (κ1) is 12.3. The molecule has 0 aromatic heterocycles. The van der Waals surface area contributed by atoms with Crippen LogP contribution in [0.4, 0.5) is 0 Å². The molecule has 0 amide bonds. The van der Waals surface area contributed by atoms with Crippen LogP contribution in [0.3, 0.4) is 0 Å². The summed E-state index contributed by atoms with van der Waals surface area (Å²) < 4.78 is 0. The Morgan fingerprint density at radius 2 is 1.60 bits per heavy atom. The molecule has 0 bridgehead atoms. The quantitative estimate of drug-likeness (QED) is 0.674. The van der Waals surface area contributed by atoms with Crippen LogP contribution < -0.4 is 5.32 Å². The molecule has 1 aromatic carbocycles. The average molecular weight is 205 g/mol. The number of benzene rings is 1. The second kappa shape index (κ2) is 7.47. The smallest absolute Gasteiger partial charge is 0.00519 e. The minimum atomic E-state index is 1.14. The number of aryl methyl sites for hydroxylation is 2. The van der Waals surface area contributed by atoms with Crippen LogP contribution in [-0.4, -0.2) is 13.6 Å². The third kappa shape index (κ3) is 4.98. The molecule has 84 valence electrons. The fourth-order valence-corrected chi connectivity index (χ4v) is 1.75. The van der Waals surface area contributed by atoms with Gasteiger partial charge in [-0.15, -0.1) is 0 Å². The number of hydrogen-bond acceptors (Lipinski definition) is 1. The number of rotatable bonds is 7. The molecule has 1 N–H and O–H groups in total. The second-order valence-corrected chi connectivity index (χ2v) is 4.08. The first-order valence-corrected chi connectivity index (χ1v) is 6.09. The van der Waals surface area contributed by atoms with Gasteiger partial charge in [-0.3, -0.25) is 0 Å². The highest BCUT2D eigenvalue weighted by Crippen LogP contribution is 2.09. The summed E-state index contributed by atoms with van der Waals surface area (Å²) in [6.07, 6.45) is 6.31. The van der Waals surface area contributed by atoms with Crippen LogP contribution in [0.25, 0.3) is 0 Å². The summed E-state index contributed by atoms with van der Waals surface area (Å²) in [6.45, 7) is 3.35. The van der Waals surface area contributed by atoms with Gasteiger partial charge >= 0.3 is 0 Å². The Hall–Kier alpha value is -0.820. The molecule has 15 heavy (non-hydrogen) atoms. The van der Waals surface area contributed by atoms with Crippen molar-refractivity contribution in [1.82, 2.24) is 5.32 Å². The maximum absolute atomic E-state index is 3.18. The molecule has 0 saturated carbocycles. The topological polar surface area (TPSA) is 12.0 Å². The van der Waals surface area contributed by atoms with Crippen LogP contribution in [0.15, 0.2) is 24.3 Å². The van der Waals surface area contributed by atoms with Crippen molar-refractivity contribution in [2.75, 3.05) is 13.6 Å². The zero-order valence-corrected chi connectivity index (χ0v) is 10.1. The van der Waals surface area contributed by atoms with Gasteiger partial charge in [-0.2, -0.15) is 0 Å². The lowest BCUT2D eigenvalue weighted by Gasteiger charge is -2.03. The van der Waals surface area contributed by atoms with Crippen molar-refractivity contribution in [3.63, 3.8) is 0 Å². The monoisotopic (exact) mass is 205 g/mol. The minimum absolute atomic E-state index is 1.14. The van der Waals surface area contributed by atoms with Gasteiger partial charge in [-0.25, -0.2) is 0 Å². The van der Waals surface area contributed by atoms with Crippen molar-refractivity contribution in [2.24, 2.45) is 0 Å². The SMILES string of the molecule is CCc1ccc(CCCCCNC)cc1. The number of unbranched alkanes of at least 4 members (excludes halogenated alkanes) is 2. The van der Waals surface area contributed by atoms with Gasteiger partial charge in [0.25, 0.3) is 0 Å². The highest BCUT2D eigenvalue weighted by Gasteiger charge is 1.94. The molecule has 0 saturated heterocycles. The summed E-state index contributed by atoms with van der Waals surface area (Å²) in [6, 6.07) is 9.06. The van der Waals surface area contributed by atoms with Crippen LogP contribution in [0.1, 0.15) is 37.3 Å². The van der Waals surface area contributed by atoms with E-state index in [4.69, 9.17) is 0 Å². The lowest BCUT2D eigenvalue weighted by atomic mass is 10.0. The standard InChI is InChI=1S/C14H23N/c1-3-13-8-10-14(11-9-13)7-5-4-6-12-15-2/h8-11,15H,3-7,12H2,1-2H3. The van der Waals surface area contributed by atoms with Gasteiger partial charge in [-0.05, 0) is 50.4 Å². The minimum Gasteiger partial charge on any atom is -0.320 e. The van der Waals surface area contributed by atoms with Crippen molar-refractivity contribution in [1.29, 1.82) is 0 Å². The number of nitrogens with one attached hydrogen (secondary N) is 1. The van der Waals surface area contributed by atoms with Gasteiger partial charge in [0.15, 0.2) is 0 Å². The lowest BCUT2D eigenvalue weighted by molar-refractivity contribution is 0.642. The summed E-state index contributed by atoms with van der Waals surface area (Å²) in [5, 5.41) is 3.18. The number of hydrogen-bond donors (Lipinski definition) is 1. The van der Waals surface area contributed by atoms with E-state index < -0.39 is 0 Å². The summed E-state index contributed by atoms with van der Waals surface area (Å²) in [5.74, 6) is 0. The maximum atomic E-state index is 3.18. The van der Waals surface area contributed by atoms with E-state index in [-0.39, 0.29) is 0 Å². The zero-order chi connectivity index (χ0) is 10.9. The molecular formula is C14H23N. The van der Waals surface area contributed by atoms with E-state index in [0.717, 1.165) is 13.0 Å². The van der Waals surface area contributed by atoms with Crippen molar-refractivity contribution < 1.29 is 0 Å². The Labute approximate surface area is 93.9 Å². The predicted molar refractivity (Wildman–Crippen MR) is 67.3 cm³/mol. The Morgan fingerprint density at radius 3 is 2.20 bits per heavy atom. The van der Waals surface area contributed by atoms with E-state index in [2.05, 4.69) is 36.5 Å². The van der Waals surface area contributed by atoms with Crippen LogP contribution >= 0.6 is 0 Å². The molecule has 0 aliphatic rings. The summed E-state index contributed by atoms with van der Waals surface area (Å²) in [4.78, 5) is 0. The third-order valence-corrected chi connectivity index (χ3v) is 2.82. The molecule has 0 aliphatic carbocycles. The van der Waals surface area contributed by atoms with Crippen LogP contribution in [0, 0.1) is 0 Å². The largest absolute Gasteiger partial charge is 0.320 e. The van der Waals surface area contributed by atoms with E-state index in [1.807, 2.05) is 7.05 Å². The third-order valence-electron chi connectivity index (χ3n) is 2.82. The molecule has 0 aliphatic heterocycles. The molecule has 1 nitrogen and oxygen atoms in total. The van der Waals surface area contributed by atoms with Crippen molar-refractivity contribution in [2.45, 2.75) is 39.0 Å². The van der Waals surface area contributed by atoms with Gasteiger partial charge < -0.3 is 5.32 Å². The van der Waals surface area contributed by atoms with E-state index in [0.29, 0.717) is 0 Å². The van der Waals surface area contributed by atoms with E-state index in [1.165, 1.54) is 36.8 Å². The molecular weight excluding hydrogens is 182 g/mol. The summed E-state index contributed by atoms with van der Waals surface area (Å²) in [7, 11) is 2.02. The maximum Gasteiger partial charge on any atom is -0.00519 e. The highest BCUT2D eigenvalue weighted by molar-refractivity contribution is 5.22. The zero-order valence-electron chi connectivity index (χ0n) is 10.1. The van der Waals surface area contributed by atoms with E-state index in [9.17, 15) is 0 Å². The van der Waals surface area contributed by atoms with Gasteiger partial charge in [0.1, 0.15) is 0 Å². The lowest BCUT2D eigenvalue weighted by Crippen LogP contribution is -2.07. The molecule has 1 aromatic rings. The van der Waals surface area contributed by atoms with E-state index >= 15 is 0 Å². The van der Waals surface area contributed by atoms with Crippen LogP contribution in [0.2, 0.25) is 0 Å². The highest BCUT2D eigenvalue weighted by atomic mass is 14.8. The normalized spacial score (nSPS) is 10.5. The fourth-order valence-electron chi connectivity index (χ4n) is 1.75. The summed E-state index contributed by atoms with van der Waals surface area (Å²) >= 11 is 0. The van der Waals surface area contributed by atoms with Crippen LogP contribution in [0.5, 0.6) is 0 Å². The molecule has 0 heterocycles. The Morgan fingerprint density at radius 1 is 0.933 bits per heavy atom. The first-order valence-electron chi connectivity index (χ1n) is 6.09. The first-order chi connectivity index (χ1) is 7.36. The molecule has 0 fully saturated rings. The Bertz CT molecular complexity index is 251. The molecule has 0 unspecified atom stereocenters. The predicted octanol–water partition coefficient (Wildman–Crippen LogP) is 3.18. The second-order valence-electron chi connectivity index (χ2n) is 4.08. The van der Waals surface area contributed by atoms with E-state index in [1.54, 1.807) is 0 Å². The van der Waals surface area contributed by atoms with Crippen molar-refractivity contribution in [3.05, 3.63) is 35.4 Å². The Kier molecular flexibility index (Phi) is 6.10.